The third-order valence-electron chi connectivity index (χ3n) is 3.12. The van der Waals surface area contributed by atoms with Crippen molar-refractivity contribution in [3.05, 3.63) is 22.2 Å². The molecule has 6 heteroatoms. The zero-order valence-electron chi connectivity index (χ0n) is 12.0. The van der Waals surface area contributed by atoms with Gasteiger partial charge in [-0.05, 0) is 24.8 Å². The number of hydrogen-bond acceptors (Lipinski definition) is 5. The Morgan fingerprint density at radius 3 is 2.53 bits per heavy atom. The molecule has 0 aliphatic rings. The average molecular weight is 266 g/mol. The van der Waals surface area contributed by atoms with E-state index in [1.165, 1.54) is 6.07 Å². The van der Waals surface area contributed by atoms with E-state index in [9.17, 15) is 10.1 Å². The number of anilines is 2. The van der Waals surface area contributed by atoms with Crippen molar-refractivity contribution < 1.29 is 4.92 Å². The minimum absolute atomic E-state index is 0.00792. The molecule has 0 aliphatic carbocycles. The molecule has 0 bridgehead atoms. The van der Waals surface area contributed by atoms with Gasteiger partial charge in [0.1, 0.15) is 5.82 Å². The molecule has 0 saturated heterocycles. The van der Waals surface area contributed by atoms with E-state index in [0.717, 1.165) is 13.0 Å². The predicted molar refractivity (Wildman–Crippen MR) is 77.6 cm³/mol. The van der Waals surface area contributed by atoms with E-state index in [-0.39, 0.29) is 11.1 Å². The highest BCUT2D eigenvalue weighted by Crippen LogP contribution is 2.26. The van der Waals surface area contributed by atoms with Crippen molar-refractivity contribution in [2.75, 3.05) is 23.7 Å². The second kappa shape index (κ2) is 6.36. The van der Waals surface area contributed by atoms with Crippen molar-refractivity contribution in [2.45, 2.75) is 34.1 Å². The first-order valence-electron chi connectivity index (χ1n) is 6.53. The Balaban J connectivity index is 2.94. The van der Waals surface area contributed by atoms with Crippen molar-refractivity contribution >= 4 is 17.3 Å². The molecule has 2 N–H and O–H groups in total. The van der Waals surface area contributed by atoms with Gasteiger partial charge in [0.05, 0.1) is 4.92 Å². The fourth-order valence-corrected chi connectivity index (χ4v) is 1.46. The number of nitrogens with zero attached hydrogens (tertiary/aromatic N) is 2. The van der Waals surface area contributed by atoms with Crippen molar-refractivity contribution in [3.63, 3.8) is 0 Å². The molecule has 1 heterocycles. The number of hydrogen-bond donors (Lipinski definition) is 2. The van der Waals surface area contributed by atoms with Crippen LogP contribution < -0.4 is 10.6 Å². The zero-order chi connectivity index (χ0) is 14.5. The van der Waals surface area contributed by atoms with Crippen molar-refractivity contribution in [1.82, 2.24) is 4.98 Å². The van der Waals surface area contributed by atoms with Crippen LogP contribution in [0.5, 0.6) is 0 Å². The third kappa shape index (κ3) is 4.39. The first kappa shape index (κ1) is 15.2. The van der Waals surface area contributed by atoms with E-state index < -0.39 is 4.92 Å². The lowest BCUT2D eigenvalue weighted by molar-refractivity contribution is -0.384. The summed E-state index contributed by atoms with van der Waals surface area (Å²) in [7, 11) is 0. The minimum atomic E-state index is -0.413. The Morgan fingerprint density at radius 1 is 1.32 bits per heavy atom. The molecule has 0 saturated carbocycles. The molecule has 0 aliphatic heterocycles. The average Bonchev–Trinajstić information content (AvgIpc) is 2.37. The molecule has 0 spiro atoms. The largest absolute Gasteiger partial charge is 0.370 e. The van der Waals surface area contributed by atoms with Crippen LogP contribution in [0.15, 0.2) is 12.1 Å². The maximum Gasteiger partial charge on any atom is 0.311 e. The van der Waals surface area contributed by atoms with Crippen LogP contribution in [0.3, 0.4) is 0 Å². The van der Waals surface area contributed by atoms with E-state index in [1.807, 2.05) is 6.92 Å². The number of aromatic nitrogens is 1. The standard InChI is InChI=1S/C13H22N4O2/c1-5-13(3,4)9-15-12-10(17(18)19)7-8-11(16-12)14-6-2/h7-8H,5-6,9H2,1-4H3,(H2,14,15,16). The summed E-state index contributed by atoms with van der Waals surface area (Å²) < 4.78 is 0. The summed E-state index contributed by atoms with van der Waals surface area (Å²) in [5, 5.41) is 17.1. The van der Waals surface area contributed by atoms with Gasteiger partial charge < -0.3 is 10.6 Å². The zero-order valence-corrected chi connectivity index (χ0v) is 12.0. The molecule has 6 nitrogen and oxygen atoms in total. The Labute approximate surface area is 113 Å². The van der Waals surface area contributed by atoms with Crippen LogP contribution in [0.2, 0.25) is 0 Å². The summed E-state index contributed by atoms with van der Waals surface area (Å²) in [6, 6.07) is 3.10. The monoisotopic (exact) mass is 266 g/mol. The van der Waals surface area contributed by atoms with Gasteiger partial charge in [0.15, 0.2) is 0 Å². The van der Waals surface area contributed by atoms with E-state index in [2.05, 4.69) is 36.4 Å². The topological polar surface area (TPSA) is 80.1 Å². The Kier molecular flexibility index (Phi) is 5.09. The Bertz CT molecular complexity index is 446. The maximum atomic E-state index is 11.0. The summed E-state index contributed by atoms with van der Waals surface area (Å²) in [6.45, 7) is 9.65. The van der Waals surface area contributed by atoms with Crippen LogP contribution in [-0.2, 0) is 0 Å². The fraction of sp³-hybridized carbons (Fsp3) is 0.615. The summed E-state index contributed by atoms with van der Waals surface area (Å²) in [5.41, 5.74) is 0.0811. The molecular formula is C13H22N4O2. The van der Waals surface area contributed by atoms with Crippen LogP contribution in [0.25, 0.3) is 0 Å². The quantitative estimate of drug-likeness (QED) is 0.585. The SMILES string of the molecule is CCNc1ccc([N+](=O)[O-])c(NCC(C)(C)CC)n1. The first-order chi connectivity index (χ1) is 8.89. The third-order valence-corrected chi connectivity index (χ3v) is 3.12. The lowest BCUT2D eigenvalue weighted by Crippen LogP contribution is -2.23. The Hall–Kier alpha value is -1.85. The van der Waals surface area contributed by atoms with Gasteiger partial charge in [-0.15, -0.1) is 0 Å². The maximum absolute atomic E-state index is 11.0. The van der Waals surface area contributed by atoms with Gasteiger partial charge in [-0.3, -0.25) is 10.1 Å². The summed E-state index contributed by atoms with van der Waals surface area (Å²) in [6.07, 6.45) is 0.987. The number of nitrogens with one attached hydrogen (secondary N) is 2. The summed E-state index contributed by atoms with van der Waals surface area (Å²) in [4.78, 5) is 14.8. The summed E-state index contributed by atoms with van der Waals surface area (Å²) in [5.74, 6) is 0.967. The molecule has 1 aromatic rings. The molecule has 0 aromatic carbocycles. The normalized spacial score (nSPS) is 11.2. The minimum Gasteiger partial charge on any atom is -0.370 e. The highest BCUT2D eigenvalue weighted by atomic mass is 16.6. The van der Waals surface area contributed by atoms with Gasteiger partial charge in [0.25, 0.3) is 0 Å². The van der Waals surface area contributed by atoms with Gasteiger partial charge in [0, 0.05) is 19.2 Å². The van der Waals surface area contributed by atoms with Gasteiger partial charge in [-0.1, -0.05) is 20.8 Å². The lowest BCUT2D eigenvalue weighted by Gasteiger charge is -2.23. The van der Waals surface area contributed by atoms with Gasteiger partial charge in [0.2, 0.25) is 5.82 Å². The van der Waals surface area contributed by atoms with Gasteiger partial charge in [-0.2, -0.15) is 0 Å². The van der Waals surface area contributed by atoms with Gasteiger partial charge in [-0.25, -0.2) is 4.98 Å². The predicted octanol–water partition coefficient (Wildman–Crippen LogP) is 3.27. The highest BCUT2D eigenvalue weighted by molar-refractivity contribution is 5.60. The van der Waals surface area contributed by atoms with Crippen LogP contribution in [-0.4, -0.2) is 23.0 Å². The van der Waals surface area contributed by atoms with Gasteiger partial charge >= 0.3 is 5.69 Å². The van der Waals surface area contributed by atoms with Crippen molar-refractivity contribution in [1.29, 1.82) is 0 Å². The van der Waals surface area contributed by atoms with Crippen LogP contribution in [0.1, 0.15) is 34.1 Å². The molecule has 0 amide bonds. The van der Waals surface area contributed by atoms with Crippen LogP contribution >= 0.6 is 0 Å². The van der Waals surface area contributed by atoms with Crippen molar-refractivity contribution in [2.24, 2.45) is 5.41 Å². The van der Waals surface area contributed by atoms with E-state index in [1.54, 1.807) is 6.07 Å². The van der Waals surface area contributed by atoms with E-state index >= 15 is 0 Å². The molecule has 0 fully saturated rings. The molecule has 0 atom stereocenters. The molecule has 1 rings (SSSR count). The highest BCUT2D eigenvalue weighted by Gasteiger charge is 2.20. The fourth-order valence-electron chi connectivity index (χ4n) is 1.46. The molecule has 1 aromatic heterocycles. The molecule has 106 valence electrons. The second-order valence-corrected chi connectivity index (χ2v) is 5.22. The summed E-state index contributed by atoms with van der Waals surface area (Å²) >= 11 is 0. The van der Waals surface area contributed by atoms with Crippen molar-refractivity contribution in [3.8, 4) is 0 Å². The molecule has 19 heavy (non-hydrogen) atoms. The second-order valence-electron chi connectivity index (χ2n) is 5.22. The van der Waals surface area contributed by atoms with Crippen LogP contribution in [0.4, 0.5) is 17.3 Å². The smallest absolute Gasteiger partial charge is 0.311 e. The van der Waals surface area contributed by atoms with E-state index in [0.29, 0.717) is 18.2 Å². The Morgan fingerprint density at radius 2 is 2.00 bits per heavy atom. The number of pyridine rings is 1. The van der Waals surface area contributed by atoms with Crippen LogP contribution in [0, 0.1) is 15.5 Å². The first-order valence-corrected chi connectivity index (χ1v) is 6.53. The lowest BCUT2D eigenvalue weighted by atomic mass is 9.90. The number of nitro groups is 1. The molecule has 0 unspecified atom stereocenters. The molecule has 0 radical (unpaired) electrons. The molecular weight excluding hydrogens is 244 g/mol. The number of rotatable bonds is 7. The van der Waals surface area contributed by atoms with E-state index in [4.69, 9.17) is 0 Å².